The molecule has 0 unspecified atom stereocenters. The summed E-state index contributed by atoms with van der Waals surface area (Å²) in [5.41, 5.74) is 0.720. The summed E-state index contributed by atoms with van der Waals surface area (Å²) in [6.45, 7) is 7.93. The van der Waals surface area contributed by atoms with E-state index in [2.05, 4.69) is 22.9 Å². The van der Waals surface area contributed by atoms with Crippen molar-refractivity contribution in [3.05, 3.63) is 29.8 Å². The van der Waals surface area contributed by atoms with E-state index in [1.807, 2.05) is 26.8 Å². The first-order chi connectivity index (χ1) is 12.2. The average Bonchev–Trinajstić information content (AvgIpc) is 2.53. The topological polar surface area (TPSA) is 70.2 Å². The Morgan fingerprint density at radius 1 is 1.04 bits per heavy atom. The fourth-order valence-electron chi connectivity index (χ4n) is 2.43. The molecule has 3 N–H and O–H groups in total. The number of benzene rings is 1. The average molecular weight is 378 g/mol. The summed E-state index contributed by atoms with van der Waals surface area (Å²) in [4.78, 5) is 24.4. The van der Waals surface area contributed by atoms with Crippen molar-refractivity contribution >= 4 is 34.8 Å². The van der Waals surface area contributed by atoms with Gasteiger partial charge in [-0.15, -0.1) is 0 Å². The fraction of sp³-hybridized carbons (Fsp3) is 0.550. The van der Waals surface area contributed by atoms with Crippen LogP contribution in [-0.4, -0.2) is 22.5 Å². The zero-order chi connectivity index (χ0) is 19.6. The van der Waals surface area contributed by atoms with Gasteiger partial charge >= 0.3 is 0 Å². The Labute approximate surface area is 162 Å². The summed E-state index contributed by atoms with van der Waals surface area (Å²) in [6, 6.07) is 7.09. The van der Waals surface area contributed by atoms with Crippen LogP contribution in [0.3, 0.4) is 0 Å². The highest BCUT2D eigenvalue weighted by atomic mass is 32.1. The molecule has 0 aliphatic heterocycles. The Kier molecular flexibility index (Phi) is 9.27. The third-order valence-electron chi connectivity index (χ3n) is 3.67. The summed E-state index contributed by atoms with van der Waals surface area (Å²) in [6.07, 6.45) is 5.91. The highest BCUT2D eigenvalue weighted by molar-refractivity contribution is 7.80. The van der Waals surface area contributed by atoms with E-state index >= 15 is 0 Å². The summed E-state index contributed by atoms with van der Waals surface area (Å²) in [5, 5.41) is 8.77. The zero-order valence-corrected chi connectivity index (χ0v) is 17.1. The Hall–Kier alpha value is -1.95. The number of hydrogen-bond donors (Lipinski definition) is 3. The van der Waals surface area contributed by atoms with Gasteiger partial charge < -0.3 is 16.0 Å². The summed E-state index contributed by atoms with van der Waals surface area (Å²) >= 11 is 5.21. The van der Waals surface area contributed by atoms with E-state index in [4.69, 9.17) is 12.2 Å². The van der Waals surface area contributed by atoms with Crippen LogP contribution in [0.2, 0.25) is 0 Å². The SMILES string of the molecule is CCCCCCCC(=O)NC(=S)Nc1ccccc1C(=O)NC(C)(C)C. The minimum Gasteiger partial charge on any atom is -0.347 e. The molecule has 0 saturated heterocycles. The van der Waals surface area contributed by atoms with E-state index in [-0.39, 0.29) is 22.5 Å². The van der Waals surface area contributed by atoms with E-state index in [1.165, 1.54) is 12.8 Å². The fourth-order valence-corrected chi connectivity index (χ4v) is 2.65. The molecule has 0 aliphatic carbocycles. The van der Waals surface area contributed by atoms with Crippen LogP contribution in [-0.2, 0) is 4.79 Å². The third kappa shape index (κ3) is 8.94. The van der Waals surface area contributed by atoms with Gasteiger partial charge in [-0.1, -0.05) is 44.7 Å². The van der Waals surface area contributed by atoms with Crippen molar-refractivity contribution in [3.63, 3.8) is 0 Å². The molecule has 5 nitrogen and oxygen atoms in total. The second-order valence-corrected chi connectivity index (χ2v) is 7.82. The molecule has 0 fully saturated rings. The Morgan fingerprint density at radius 2 is 1.69 bits per heavy atom. The van der Waals surface area contributed by atoms with Gasteiger partial charge in [0.05, 0.1) is 11.3 Å². The lowest BCUT2D eigenvalue weighted by Gasteiger charge is -2.21. The van der Waals surface area contributed by atoms with E-state index in [1.54, 1.807) is 18.2 Å². The zero-order valence-electron chi connectivity index (χ0n) is 16.3. The van der Waals surface area contributed by atoms with E-state index < -0.39 is 0 Å². The number of hydrogen-bond acceptors (Lipinski definition) is 3. The number of nitrogens with one attached hydrogen (secondary N) is 3. The van der Waals surface area contributed by atoms with Gasteiger partial charge in [0.25, 0.3) is 5.91 Å². The highest BCUT2D eigenvalue weighted by Gasteiger charge is 2.18. The van der Waals surface area contributed by atoms with E-state index in [0.717, 1.165) is 19.3 Å². The molecule has 0 aromatic heterocycles. The largest absolute Gasteiger partial charge is 0.347 e. The van der Waals surface area contributed by atoms with Crippen LogP contribution in [0.4, 0.5) is 5.69 Å². The maximum absolute atomic E-state index is 12.4. The molecule has 2 amide bonds. The van der Waals surface area contributed by atoms with Crippen LogP contribution >= 0.6 is 12.2 Å². The molecular weight excluding hydrogens is 346 g/mol. The van der Waals surface area contributed by atoms with Gasteiger partial charge in [-0.2, -0.15) is 0 Å². The summed E-state index contributed by atoms with van der Waals surface area (Å²) < 4.78 is 0. The van der Waals surface area contributed by atoms with Crippen molar-refractivity contribution in [2.24, 2.45) is 0 Å². The van der Waals surface area contributed by atoms with E-state index in [9.17, 15) is 9.59 Å². The summed E-state index contributed by atoms with van der Waals surface area (Å²) in [5.74, 6) is -0.290. The maximum atomic E-state index is 12.4. The molecule has 0 heterocycles. The first-order valence-electron chi connectivity index (χ1n) is 9.25. The van der Waals surface area contributed by atoms with Gasteiger partial charge in [0.1, 0.15) is 0 Å². The second kappa shape index (κ2) is 10.9. The van der Waals surface area contributed by atoms with Gasteiger partial charge in [-0.25, -0.2) is 0 Å². The van der Waals surface area contributed by atoms with Crippen LogP contribution < -0.4 is 16.0 Å². The number of para-hydroxylation sites is 1. The number of amides is 2. The number of unbranched alkanes of at least 4 members (excludes halogenated alkanes) is 4. The van der Waals surface area contributed by atoms with Crippen molar-refractivity contribution in [3.8, 4) is 0 Å². The Morgan fingerprint density at radius 3 is 2.35 bits per heavy atom. The number of carbonyl (C=O) groups excluding carboxylic acids is 2. The molecular formula is C20H31N3O2S. The molecule has 0 aliphatic rings. The maximum Gasteiger partial charge on any atom is 0.253 e. The van der Waals surface area contributed by atoms with Crippen molar-refractivity contribution in [1.82, 2.24) is 10.6 Å². The van der Waals surface area contributed by atoms with Crippen molar-refractivity contribution in [2.45, 2.75) is 71.8 Å². The van der Waals surface area contributed by atoms with Gasteiger partial charge in [-0.05, 0) is 51.5 Å². The van der Waals surface area contributed by atoms with Crippen molar-refractivity contribution in [1.29, 1.82) is 0 Å². The first-order valence-corrected chi connectivity index (χ1v) is 9.66. The summed E-state index contributed by atoms with van der Waals surface area (Å²) in [7, 11) is 0. The molecule has 1 aromatic rings. The molecule has 1 rings (SSSR count). The van der Waals surface area contributed by atoms with Crippen LogP contribution in [0.25, 0.3) is 0 Å². The predicted octanol–water partition coefficient (Wildman–Crippen LogP) is 4.39. The molecule has 0 saturated carbocycles. The molecule has 0 spiro atoms. The molecule has 144 valence electrons. The van der Waals surface area contributed by atoms with Gasteiger partial charge in [-0.3, -0.25) is 9.59 Å². The quantitative estimate of drug-likeness (QED) is 0.464. The van der Waals surface area contributed by atoms with Gasteiger partial charge in [0, 0.05) is 12.0 Å². The smallest absolute Gasteiger partial charge is 0.253 e. The van der Waals surface area contributed by atoms with Gasteiger partial charge in [0.2, 0.25) is 5.91 Å². The minimum absolute atomic E-state index is 0.101. The molecule has 1 aromatic carbocycles. The lowest BCUT2D eigenvalue weighted by Crippen LogP contribution is -2.41. The first kappa shape index (κ1) is 22.1. The van der Waals surface area contributed by atoms with Crippen LogP contribution in [0.1, 0.15) is 76.6 Å². The minimum atomic E-state index is -0.337. The number of anilines is 1. The third-order valence-corrected chi connectivity index (χ3v) is 3.87. The second-order valence-electron chi connectivity index (χ2n) is 7.42. The van der Waals surface area contributed by atoms with Crippen LogP contribution in [0, 0.1) is 0 Å². The molecule has 26 heavy (non-hydrogen) atoms. The lowest BCUT2D eigenvalue weighted by atomic mass is 10.1. The predicted molar refractivity (Wildman–Crippen MR) is 111 cm³/mol. The molecule has 0 bridgehead atoms. The van der Waals surface area contributed by atoms with Gasteiger partial charge in [0.15, 0.2) is 5.11 Å². The standard InChI is InChI=1S/C20H31N3O2S/c1-5-6-7-8-9-14-17(24)22-19(26)21-16-13-11-10-12-15(16)18(25)23-20(2,3)4/h10-13H,5-9,14H2,1-4H3,(H,23,25)(H2,21,22,24,26). The molecule has 6 heteroatoms. The number of thiocarbonyl (C=S) groups is 1. The Balaban J connectivity index is 2.56. The number of carbonyl (C=O) groups is 2. The molecule has 0 radical (unpaired) electrons. The normalized spacial score (nSPS) is 10.9. The Bertz CT molecular complexity index is 624. The lowest BCUT2D eigenvalue weighted by molar-refractivity contribution is -0.119. The highest BCUT2D eigenvalue weighted by Crippen LogP contribution is 2.16. The monoisotopic (exact) mass is 377 g/mol. The van der Waals surface area contributed by atoms with Crippen LogP contribution in [0.15, 0.2) is 24.3 Å². The van der Waals surface area contributed by atoms with Crippen LogP contribution in [0.5, 0.6) is 0 Å². The molecule has 0 atom stereocenters. The van der Waals surface area contributed by atoms with E-state index in [0.29, 0.717) is 17.7 Å². The number of rotatable bonds is 8. The van der Waals surface area contributed by atoms with Crippen molar-refractivity contribution in [2.75, 3.05) is 5.32 Å². The van der Waals surface area contributed by atoms with Crippen molar-refractivity contribution < 1.29 is 9.59 Å².